The standard InChI is InChI=1S/C48H30N2O/c1-2-10-35(11-3-1)49-43-15-7-4-12-37(43)40-29-41-38-13-5-8-16-44(38)50(46(41)30-45(40)49)36-25-22-32(23-26-36)31-18-20-33(21-19-31)34-24-27-48-42(28-34)39-14-6-9-17-47(39)51-48/h1-30H. The molecule has 0 radical (unpaired) electrons. The van der Waals surface area contributed by atoms with Gasteiger partial charge in [0, 0.05) is 43.7 Å². The minimum atomic E-state index is 0.919. The van der Waals surface area contributed by atoms with Gasteiger partial charge in [-0.2, -0.15) is 0 Å². The van der Waals surface area contributed by atoms with Crippen LogP contribution in [0.15, 0.2) is 186 Å². The fourth-order valence-corrected chi connectivity index (χ4v) is 8.13. The molecule has 3 aromatic heterocycles. The number of hydrogen-bond donors (Lipinski definition) is 0. The molecule has 11 aromatic rings. The predicted molar refractivity (Wildman–Crippen MR) is 213 cm³/mol. The van der Waals surface area contributed by atoms with Crippen LogP contribution in [0.25, 0.3) is 99.2 Å². The molecule has 0 atom stereocenters. The second-order valence-electron chi connectivity index (χ2n) is 13.4. The molecule has 11 rings (SSSR count). The molecule has 0 spiro atoms. The third kappa shape index (κ3) is 4.25. The molecule has 0 saturated carbocycles. The zero-order valence-electron chi connectivity index (χ0n) is 27.6. The molecule has 51 heavy (non-hydrogen) atoms. The zero-order chi connectivity index (χ0) is 33.5. The Morgan fingerprint density at radius 3 is 1.39 bits per heavy atom. The summed E-state index contributed by atoms with van der Waals surface area (Å²) in [5.74, 6) is 0. The van der Waals surface area contributed by atoms with Gasteiger partial charge in [0.05, 0.1) is 22.1 Å². The third-order valence-electron chi connectivity index (χ3n) is 10.5. The number of para-hydroxylation sites is 4. The van der Waals surface area contributed by atoms with Crippen LogP contribution in [-0.2, 0) is 0 Å². The van der Waals surface area contributed by atoms with Gasteiger partial charge in [0.25, 0.3) is 0 Å². The first kappa shape index (κ1) is 28.0. The summed E-state index contributed by atoms with van der Waals surface area (Å²) in [5.41, 5.74) is 13.7. The van der Waals surface area contributed by atoms with E-state index in [0.29, 0.717) is 0 Å². The molecular weight excluding hydrogens is 621 g/mol. The summed E-state index contributed by atoms with van der Waals surface area (Å²) >= 11 is 0. The van der Waals surface area contributed by atoms with Crippen LogP contribution < -0.4 is 0 Å². The highest BCUT2D eigenvalue weighted by atomic mass is 16.3. The molecule has 0 fully saturated rings. The number of furan rings is 1. The Kier molecular flexibility index (Phi) is 5.96. The maximum absolute atomic E-state index is 6.06. The van der Waals surface area contributed by atoms with Gasteiger partial charge in [-0.3, -0.25) is 0 Å². The summed E-state index contributed by atoms with van der Waals surface area (Å²) in [5, 5.41) is 7.35. The third-order valence-corrected chi connectivity index (χ3v) is 10.5. The van der Waals surface area contributed by atoms with Gasteiger partial charge < -0.3 is 13.6 Å². The maximum Gasteiger partial charge on any atom is 0.135 e. The van der Waals surface area contributed by atoms with Gasteiger partial charge in [-0.25, -0.2) is 0 Å². The van der Waals surface area contributed by atoms with E-state index in [0.717, 1.165) is 33.3 Å². The molecule has 0 aliphatic heterocycles. The van der Waals surface area contributed by atoms with Crippen molar-refractivity contribution in [3.05, 3.63) is 182 Å². The average molecular weight is 651 g/mol. The lowest BCUT2D eigenvalue weighted by Gasteiger charge is -2.11. The lowest BCUT2D eigenvalue weighted by molar-refractivity contribution is 0.669. The van der Waals surface area contributed by atoms with E-state index in [1.807, 2.05) is 12.1 Å². The predicted octanol–water partition coefficient (Wildman–Crippen LogP) is 13.1. The first-order valence-corrected chi connectivity index (χ1v) is 17.4. The van der Waals surface area contributed by atoms with Crippen LogP contribution in [0.1, 0.15) is 0 Å². The monoisotopic (exact) mass is 650 g/mol. The second kappa shape index (κ2) is 10.8. The number of hydrogen-bond acceptors (Lipinski definition) is 1. The number of benzene rings is 8. The molecule has 0 aliphatic carbocycles. The molecule has 0 amide bonds. The molecular formula is C48H30N2O. The summed E-state index contributed by atoms with van der Waals surface area (Å²) < 4.78 is 10.9. The van der Waals surface area contributed by atoms with E-state index in [-0.39, 0.29) is 0 Å². The van der Waals surface area contributed by atoms with E-state index in [1.165, 1.54) is 65.9 Å². The molecule has 3 heterocycles. The quantitative estimate of drug-likeness (QED) is 0.186. The highest BCUT2D eigenvalue weighted by Gasteiger charge is 2.18. The van der Waals surface area contributed by atoms with Crippen molar-refractivity contribution in [2.24, 2.45) is 0 Å². The summed E-state index contributed by atoms with van der Waals surface area (Å²) in [6, 6.07) is 65.6. The number of nitrogens with zero attached hydrogens (tertiary/aromatic N) is 2. The Balaban J connectivity index is 1.01. The first-order valence-electron chi connectivity index (χ1n) is 17.4. The van der Waals surface area contributed by atoms with Crippen molar-refractivity contribution in [2.75, 3.05) is 0 Å². The molecule has 0 unspecified atom stereocenters. The molecule has 0 aliphatic rings. The van der Waals surface area contributed by atoms with Gasteiger partial charge in [-0.05, 0) is 89.0 Å². The summed E-state index contributed by atoms with van der Waals surface area (Å²) in [6.07, 6.45) is 0. The van der Waals surface area contributed by atoms with Gasteiger partial charge in [-0.15, -0.1) is 0 Å². The normalized spacial score (nSPS) is 11.9. The summed E-state index contributed by atoms with van der Waals surface area (Å²) in [6.45, 7) is 0. The lowest BCUT2D eigenvalue weighted by atomic mass is 9.99. The summed E-state index contributed by atoms with van der Waals surface area (Å²) in [4.78, 5) is 0. The highest BCUT2D eigenvalue weighted by Crippen LogP contribution is 2.40. The zero-order valence-corrected chi connectivity index (χ0v) is 27.6. The molecule has 3 nitrogen and oxygen atoms in total. The topological polar surface area (TPSA) is 23.0 Å². The highest BCUT2D eigenvalue weighted by molar-refractivity contribution is 6.19. The Morgan fingerprint density at radius 1 is 0.275 bits per heavy atom. The minimum Gasteiger partial charge on any atom is -0.456 e. The van der Waals surface area contributed by atoms with Crippen LogP contribution >= 0.6 is 0 Å². The fraction of sp³-hybridized carbons (Fsp3) is 0. The van der Waals surface area contributed by atoms with E-state index >= 15 is 0 Å². The Bertz CT molecular complexity index is 3100. The van der Waals surface area contributed by atoms with Gasteiger partial charge in [0.1, 0.15) is 11.2 Å². The van der Waals surface area contributed by atoms with Crippen LogP contribution in [-0.4, -0.2) is 9.13 Å². The molecule has 238 valence electrons. The molecule has 0 saturated heterocycles. The Morgan fingerprint density at radius 2 is 0.745 bits per heavy atom. The average Bonchev–Trinajstić information content (AvgIpc) is 3.84. The van der Waals surface area contributed by atoms with E-state index < -0.39 is 0 Å². The van der Waals surface area contributed by atoms with Crippen molar-refractivity contribution < 1.29 is 4.42 Å². The van der Waals surface area contributed by atoms with Crippen LogP contribution in [0.4, 0.5) is 0 Å². The van der Waals surface area contributed by atoms with Crippen LogP contribution in [0.2, 0.25) is 0 Å². The maximum atomic E-state index is 6.06. The van der Waals surface area contributed by atoms with E-state index in [2.05, 4.69) is 179 Å². The van der Waals surface area contributed by atoms with Crippen molar-refractivity contribution in [3.63, 3.8) is 0 Å². The number of fused-ring (bicyclic) bond motifs is 9. The van der Waals surface area contributed by atoms with E-state index in [9.17, 15) is 0 Å². The van der Waals surface area contributed by atoms with Crippen LogP contribution in [0.3, 0.4) is 0 Å². The van der Waals surface area contributed by atoms with E-state index in [4.69, 9.17) is 4.42 Å². The number of rotatable bonds is 4. The van der Waals surface area contributed by atoms with Crippen LogP contribution in [0, 0.1) is 0 Å². The van der Waals surface area contributed by atoms with Gasteiger partial charge in [-0.1, -0.05) is 115 Å². The SMILES string of the molecule is c1ccc(-n2c3ccccc3c3cc4c5ccccc5n(-c5ccc(-c6ccc(-c7ccc8oc9ccccc9c8c7)cc6)cc5)c4cc32)cc1. The smallest absolute Gasteiger partial charge is 0.135 e. The molecule has 0 N–H and O–H groups in total. The molecule has 8 aromatic carbocycles. The minimum absolute atomic E-state index is 0.919. The first-order chi connectivity index (χ1) is 25.3. The molecule has 0 bridgehead atoms. The number of aromatic nitrogens is 2. The lowest BCUT2D eigenvalue weighted by Crippen LogP contribution is -1.95. The Labute approximate surface area is 293 Å². The van der Waals surface area contributed by atoms with Crippen molar-refractivity contribution >= 4 is 65.6 Å². The Hall–Kier alpha value is -6.84. The van der Waals surface area contributed by atoms with Gasteiger partial charge in [0.15, 0.2) is 0 Å². The van der Waals surface area contributed by atoms with E-state index in [1.54, 1.807) is 0 Å². The van der Waals surface area contributed by atoms with Crippen LogP contribution in [0.5, 0.6) is 0 Å². The van der Waals surface area contributed by atoms with Gasteiger partial charge >= 0.3 is 0 Å². The molecule has 3 heteroatoms. The van der Waals surface area contributed by atoms with Crippen molar-refractivity contribution in [1.82, 2.24) is 9.13 Å². The van der Waals surface area contributed by atoms with Crippen molar-refractivity contribution in [2.45, 2.75) is 0 Å². The van der Waals surface area contributed by atoms with Gasteiger partial charge in [0.2, 0.25) is 0 Å². The second-order valence-corrected chi connectivity index (χ2v) is 13.4. The largest absolute Gasteiger partial charge is 0.456 e. The van der Waals surface area contributed by atoms with Crippen molar-refractivity contribution in [1.29, 1.82) is 0 Å². The van der Waals surface area contributed by atoms with Crippen molar-refractivity contribution in [3.8, 4) is 33.6 Å². The fourth-order valence-electron chi connectivity index (χ4n) is 8.13. The summed E-state index contributed by atoms with van der Waals surface area (Å²) in [7, 11) is 0.